The molecule has 0 radical (unpaired) electrons. The molecule has 1 aromatic carbocycles. The van der Waals surface area contributed by atoms with Crippen LogP contribution >= 0.6 is 0 Å². The van der Waals surface area contributed by atoms with Crippen molar-refractivity contribution in [2.75, 3.05) is 31.1 Å². The van der Waals surface area contributed by atoms with E-state index in [2.05, 4.69) is 20.1 Å². The predicted octanol–water partition coefficient (Wildman–Crippen LogP) is 2.92. The van der Waals surface area contributed by atoms with E-state index in [1.165, 1.54) is 29.4 Å². The van der Waals surface area contributed by atoms with Gasteiger partial charge in [-0.05, 0) is 29.8 Å². The molecule has 2 amide bonds. The van der Waals surface area contributed by atoms with Gasteiger partial charge in [0, 0.05) is 51.1 Å². The molecule has 12 heteroatoms. The highest BCUT2D eigenvalue weighted by molar-refractivity contribution is 5.78. The number of H-pyrrole nitrogens is 1. The smallest absolute Gasteiger partial charge is 0.337 e. The van der Waals surface area contributed by atoms with E-state index >= 15 is 0 Å². The molecule has 0 unspecified atom stereocenters. The van der Waals surface area contributed by atoms with E-state index < -0.39 is 29.1 Å². The van der Waals surface area contributed by atoms with Crippen molar-refractivity contribution in [1.82, 2.24) is 24.9 Å². The average molecular weight is 483 g/mol. The van der Waals surface area contributed by atoms with Gasteiger partial charge in [-0.1, -0.05) is 0 Å². The van der Waals surface area contributed by atoms with Gasteiger partial charge in [-0.25, -0.2) is 32.9 Å². The number of benzene rings is 1. The Morgan fingerprint density at radius 2 is 1.80 bits per heavy atom. The number of halogens is 3. The second-order valence-electron chi connectivity index (χ2n) is 8.13. The molecule has 2 aromatic heterocycles. The first-order valence-corrected chi connectivity index (χ1v) is 10.9. The van der Waals surface area contributed by atoms with Crippen molar-refractivity contribution in [3.63, 3.8) is 0 Å². The summed E-state index contributed by atoms with van der Waals surface area (Å²) >= 11 is 0. The number of hydrogen-bond donors (Lipinski definition) is 1. The number of pyridine rings is 1. The Morgan fingerprint density at radius 1 is 1.06 bits per heavy atom. The molecule has 180 valence electrons. The third kappa shape index (κ3) is 4.46. The molecule has 9 nitrogen and oxygen atoms in total. The fourth-order valence-corrected chi connectivity index (χ4v) is 4.19. The zero-order valence-corrected chi connectivity index (χ0v) is 18.4. The third-order valence-corrected chi connectivity index (χ3v) is 5.93. The highest BCUT2D eigenvalue weighted by Crippen LogP contribution is 2.30. The van der Waals surface area contributed by atoms with Crippen LogP contribution in [-0.4, -0.2) is 63.3 Å². The number of anilines is 1. The molecule has 0 saturated carbocycles. The molecule has 1 saturated heterocycles. The Balaban J connectivity index is 1.29. The van der Waals surface area contributed by atoms with Crippen molar-refractivity contribution in [3.05, 3.63) is 76.1 Å². The summed E-state index contributed by atoms with van der Waals surface area (Å²) in [6.07, 6.45) is 4.35. The van der Waals surface area contributed by atoms with Gasteiger partial charge in [0.25, 0.3) is 5.56 Å². The fourth-order valence-electron chi connectivity index (χ4n) is 4.19. The monoisotopic (exact) mass is 483 g/mol. The number of urea groups is 1. The molecule has 1 N–H and O–H groups in total. The van der Waals surface area contributed by atoms with Crippen LogP contribution < -0.4 is 10.5 Å². The van der Waals surface area contributed by atoms with E-state index in [-0.39, 0.29) is 23.2 Å². The third-order valence-electron chi connectivity index (χ3n) is 5.93. The minimum atomic E-state index is -0.718. The van der Waals surface area contributed by atoms with Crippen molar-refractivity contribution >= 4 is 18.2 Å². The summed E-state index contributed by atoms with van der Waals surface area (Å²) in [7, 11) is 0. The molecule has 1 atom stereocenters. The van der Waals surface area contributed by atoms with Gasteiger partial charge in [0.1, 0.15) is 17.3 Å². The Kier molecular flexibility index (Phi) is 5.93. The van der Waals surface area contributed by atoms with E-state index in [0.29, 0.717) is 38.2 Å². The molecule has 0 bridgehead atoms. The number of hydrazone groups is 1. The number of hydrogen-bond acceptors (Lipinski definition) is 6. The van der Waals surface area contributed by atoms with Gasteiger partial charge in [-0.3, -0.25) is 4.79 Å². The highest BCUT2D eigenvalue weighted by Gasteiger charge is 2.34. The van der Waals surface area contributed by atoms with E-state index in [1.54, 1.807) is 22.1 Å². The van der Waals surface area contributed by atoms with Crippen LogP contribution in [0.3, 0.4) is 0 Å². The van der Waals surface area contributed by atoms with Crippen LogP contribution in [0.15, 0.2) is 52.6 Å². The molecule has 4 heterocycles. The molecular formula is C23H20F3N7O2. The number of carbonyl (C=O) groups is 1. The number of rotatable bonds is 3. The second-order valence-corrected chi connectivity index (χ2v) is 8.13. The lowest BCUT2D eigenvalue weighted by Crippen LogP contribution is -2.52. The first kappa shape index (κ1) is 22.6. The maximum atomic E-state index is 14.4. The summed E-state index contributed by atoms with van der Waals surface area (Å²) in [5.41, 5.74) is -0.151. The van der Waals surface area contributed by atoms with Crippen LogP contribution in [0, 0.1) is 17.5 Å². The van der Waals surface area contributed by atoms with E-state index in [9.17, 15) is 22.8 Å². The van der Waals surface area contributed by atoms with Gasteiger partial charge in [0.05, 0.1) is 17.8 Å². The lowest BCUT2D eigenvalue weighted by molar-refractivity contribution is 0.139. The molecule has 2 aliphatic rings. The van der Waals surface area contributed by atoms with Gasteiger partial charge in [-0.15, -0.1) is 0 Å². The first-order valence-electron chi connectivity index (χ1n) is 10.9. The molecule has 5 rings (SSSR count). The number of piperazine rings is 1. The van der Waals surface area contributed by atoms with Crippen molar-refractivity contribution in [1.29, 1.82) is 0 Å². The average Bonchev–Trinajstić information content (AvgIpc) is 3.34. The summed E-state index contributed by atoms with van der Waals surface area (Å²) in [4.78, 5) is 39.4. The maximum absolute atomic E-state index is 14.4. The maximum Gasteiger partial charge on any atom is 0.341 e. The lowest BCUT2D eigenvalue weighted by Gasteiger charge is -2.37. The van der Waals surface area contributed by atoms with Crippen LogP contribution in [-0.2, 0) is 0 Å². The van der Waals surface area contributed by atoms with Gasteiger partial charge in [0.2, 0.25) is 5.95 Å². The van der Waals surface area contributed by atoms with Crippen LogP contribution in [0.25, 0.3) is 11.3 Å². The van der Waals surface area contributed by atoms with E-state index in [1.807, 2.05) is 0 Å². The summed E-state index contributed by atoms with van der Waals surface area (Å²) in [5.74, 6) is -1.91. The SMILES string of the molecule is O=C(N1CCN(c2ncc(F)c(-c3ccc[nH]c3=O)n2)CC1)N1N=CC[C@H]1c1cc(F)cc(F)c1. The number of nitrogens with zero attached hydrogens (tertiary/aromatic N) is 6. The molecule has 0 spiro atoms. The Morgan fingerprint density at radius 3 is 2.51 bits per heavy atom. The Hall–Kier alpha value is -4.22. The minimum absolute atomic E-state index is 0.0918. The Labute approximate surface area is 197 Å². The molecule has 0 aliphatic carbocycles. The molecular weight excluding hydrogens is 463 g/mol. The van der Waals surface area contributed by atoms with Gasteiger partial charge in [0.15, 0.2) is 5.82 Å². The molecule has 2 aliphatic heterocycles. The molecule has 35 heavy (non-hydrogen) atoms. The van der Waals surface area contributed by atoms with Crippen molar-refractivity contribution in [2.24, 2.45) is 5.10 Å². The molecule has 3 aromatic rings. The standard InChI is InChI=1S/C23H20F3N7O2/c24-15-10-14(11-16(25)12-15)19-3-5-29-33(19)23(35)32-8-6-31(7-9-32)22-28-13-18(26)20(30-22)17-2-1-4-27-21(17)34/h1-2,4-5,10-13,19H,3,6-9H2,(H,27,34)/t19-/m0/s1. The summed E-state index contributed by atoms with van der Waals surface area (Å²) in [6, 6.07) is 5.24. The first-order chi connectivity index (χ1) is 16.9. The van der Waals surface area contributed by atoms with Crippen molar-refractivity contribution in [3.8, 4) is 11.3 Å². The van der Waals surface area contributed by atoms with Crippen molar-refractivity contribution in [2.45, 2.75) is 12.5 Å². The van der Waals surface area contributed by atoms with Crippen LogP contribution in [0.2, 0.25) is 0 Å². The van der Waals surface area contributed by atoms with E-state index in [0.717, 1.165) is 12.3 Å². The number of amides is 2. The highest BCUT2D eigenvalue weighted by atomic mass is 19.1. The minimum Gasteiger partial charge on any atom is -0.337 e. The molecule has 1 fully saturated rings. The normalized spacial score (nSPS) is 17.8. The number of aromatic nitrogens is 3. The summed E-state index contributed by atoms with van der Waals surface area (Å²) in [6.45, 7) is 1.33. The number of nitrogens with one attached hydrogen (secondary N) is 1. The lowest BCUT2D eigenvalue weighted by atomic mass is 10.0. The second kappa shape index (κ2) is 9.20. The van der Waals surface area contributed by atoms with Crippen molar-refractivity contribution < 1.29 is 18.0 Å². The van der Waals surface area contributed by atoms with Gasteiger partial charge < -0.3 is 14.8 Å². The zero-order valence-electron chi connectivity index (χ0n) is 18.4. The fraction of sp³-hybridized carbons (Fsp3) is 0.261. The van der Waals surface area contributed by atoms with Crippen LogP contribution in [0.5, 0.6) is 0 Å². The number of carbonyl (C=O) groups excluding carboxylic acids is 1. The Bertz CT molecular complexity index is 1330. The quantitative estimate of drug-likeness (QED) is 0.618. The topological polar surface area (TPSA) is 97.8 Å². The number of aromatic amines is 1. The zero-order chi connectivity index (χ0) is 24.5. The summed E-state index contributed by atoms with van der Waals surface area (Å²) in [5, 5.41) is 5.36. The van der Waals surface area contributed by atoms with Crippen LogP contribution in [0.1, 0.15) is 18.0 Å². The largest absolute Gasteiger partial charge is 0.341 e. The van der Waals surface area contributed by atoms with E-state index in [4.69, 9.17) is 0 Å². The van der Waals surface area contributed by atoms with Gasteiger partial charge >= 0.3 is 6.03 Å². The van der Waals surface area contributed by atoms with Gasteiger partial charge in [-0.2, -0.15) is 5.10 Å². The summed E-state index contributed by atoms with van der Waals surface area (Å²) < 4.78 is 41.8. The van der Waals surface area contributed by atoms with Crippen LogP contribution in [0.4, 0.5) is 23.9 Å². The predicted molar refractivity (Wildman–Crippen MR) is 121 cm³/mol.